The summed E-state index contributed by atoms with van der Waals surface area (Å²) in [6.45, 7) is 0.148. The van der Waals surface area contributed by atoms with Gasteiger partial charge in [0, 0.05) is 42.0 Å². The summed E-state index contributed by atoms with van der Waals surface area (Å²) in [6, 6.07) is 2.42. The topological polar surface area (TPSA) is 27.7 Å². The van der Waals surface area contributed by atoms with Gasteiger partial charge in [-0.1, -0.05) is 0 Å². The molecule has 0 saturated heterocycles. The van der Waals surface area contributed by atoms with Gasteiger partial charge in [0.1, 0.15) is 46.1 Å². The summed E-state index contributed by atoms with van der Waals surface area (Å²) in [5, 5.41) is 0. The van der Waals surface area contributed by atoms with E-state index in [1.807, 2.05) is 0 Å². The van der Waals surface area contributed by atoms with Crippen molar-refractivity contribution in [3.8, 4) is 17.2 Å². The van der Waals surface area contributed by atoms with Crippen molar-refractivity contribution in [2.75, 3.05) is 6.79 Å². The molecule has 0 unspecified atom stereocenters. The van der Waals surface area contributed by atoms with Crippen LogP contribution in [0.15, 0.2) is 36.4 Å². The first-order valence-electron chi connectivity index (χ1n) is 8.81. The van der Waals surface area contributed by atoms with Crippen LogP contribution in [0.1, 0.15) is 11.1 Å². The van der Waals surface area contributed by atoms with Crippen LogP contribution >= 0.6 is 0 Å². The van der Waals surface area contributed by atoms with Crippen molar-refractivity contribution in [1.82, 2.24) is 0 Å². The molecule has 0 spiro atoms. The molecular formula is C21H11F9O3. The first kappa shape index (κ1) is 24.1. The minimum absolute atomic E-state index is 0.321. The molecule has 0 aliphatic carbocycles. The van der Waals surface area contributed by atoms with Crippen molar-refractivity contribution < 1.29 is 53.7 Å². The van der Waals surface area contributed by atoms with Crippen LogP contribution in [0.3, 0.4) is 0 Å². The molecule has 0 aliphatic rings. The second-order valence-electron chi connectivity index (χ2n) is 6.50. The highest BCUT2D eigenvalue weighted by molar-refractivity contribution is 5.35. The molecule has 0 amide bonds. The van der Waals surface area contributed by atoms with Crippen molar-refractivity contribution >= 4 is 0 Å². The van der Waals surface area contributed by atoms with Crippen LogP contribution < -0.4 is 14.2 Å². The molecule has 0 aromatic heterocycles. The summed E-state index contributed by atoms with van der Waals surface area (Å²) < 4.78 is 137. The van der Waals surface area contributed by atoms with Gasteiger partial charge in [0.25, 0.3) is 0 Å². The summed E-state index contributed by atoms with van der Waals surface area (Å²) in [4.78, 5) is 0. The number of hydrogen-bond acceptors (Lipinski definition) is 3. The van der Waals surface area contributed by atoms with E-state index < -0.39 is 82.0 Å². The van der Waals surface area contributed by atoms with Crippen molar-refractivity contribution in [3.05, 3.63) is 88.2 Å². The Kier molecular flexibility index (Phi) is 6.65. The van der Waals surface area contributed by atoms with Crippen LogP contribution in [-0.2, 0) is 6.11 Å². The van der Waals surface area contributed by atoms with Crippen molar-refractivity contribution in [1.29, 1.82) is 0 Å². The number of alkyl halides is 2. The van der Waals surface area contributed by atoms with Crippen molar-refractivity contribution in [2.24, 2.45) is 0 Å². The molecule has 3 nitrogen and oxygen atoms in total. The molecule has 176 valence electrons. The maximum atomic E-state index is 14.3. The molecule has 0 aliphatic heterocycles. The highest BCUT2D eigenvalue weighted by Gasteiger charge is 2.41. The lowest BCUT2D eigenvalue weighted by molar-refractivity contribution is -0.189. The molecular weight excluding hydrogens is 471 g/mol. The smallest absolute Gasteiger partial charge is 0.432 e. The van der Waals surface area contributed by atoms with Gasteiger partial charge in [-0.3, -0.25) is 0 Å². The van der Waals surface area contributed by atoms with Crippen LogP contribution in [0.25, 0.3) is 0 Å². The quantitative estimate of drug-likeness (QED) is 0.218. The van der Waals surface area contributed by atoms with Gasteiger partial charge in [-0.15, -0.1) is 0 Å². The van der Waals surface area contributed by atoms with Crippen LogP contribution in [0.5, 0.6) is 17.2 Å². The lowest BCUT2D eigenvalue weighted by atomic mass is 10.1. The zero-order valence-electron chi connectivity index (χ0n) is 16.3. The van der Waals surface area contributed by atoms with Gasteiger partial charge < -0.3 is 14.2 Å². The molecule has 0 atom stereocenters. The highest BCUT2D eigenvalue weighted by Crippen LogP contribution is 2.37. The molecule has 3 aromatic carbocycles. The van der Waals surface area contributed by atoms with E-state index in [1.54, 1.807) is 0 Å². The van der Waals surface area contributed by atoms with E-state index in [9.17, 15) is 39.5 Å². The first-order chi connectivity index (χ1) is 15.4. The second kappa shape index (κ2) is 9.12. The van der Waals surface area contributed by atoms with E-state index >= 15 is 0 Å². The maximum absolute atomic E-state index is 14.3. The predicted molar refractivity (Wildman–Crippen MR) is 94.4 cm³/mol. The summed E-state index contributed by atoms with van der Waals surface area (Å²) in [5.74, 6) is -13.2. The number of ether oxygens (including phenoxy) is 3. The van der Waals surface area contributed by atoms with E-state index in [0.29, 0.717) is 36.4 Å². The van der Waals surface area contributed by atoms with Gasteiger partial charge in [-0.2, -0.15) is 8.78 Å². The lowest BCUT2D eigenvalue weighted by Gasteiger charge is -2.20. The van der Waals surface area contributed by atoms with Crippen LogP contribution in [0.2, 0.25) is 0 Å². The third-order valence-corrected chi connectivity index (χ3v) is 4.22. The van der Waals surface area contributed by atoms with E-state index in [-0.39, 0.29) is 0 Å². The third-order valence-electron chi connectivity index (χ3n) is 4.22. The first-order valence-corrected chi connectivity index (χ1v) is 8.81. The Bertz CT molecular complexity index is 1130. The van der Waals surface area contributed by atoms with Gasteiger partial charge in [-0.25, -0.2) is 30.7 Å². The number of benzene rings is 3. The molecule has 0 saturated carbocycles. The molecule has 12 heteroatoms. The van der Waals surface area contributed by atoms with Gasteiger partial charge in [0.15, 0.2) is 17.5 Å². The van der Waals surface area contributed by atoms with Gasteiger partial charge in [-0.05, 0) is 6.92 Å². The molecule has 0 N–H and O–H groups in total. The Morgan fingerprint density at radius 1 is 0.606 bits per heavy atom. The molecule has 0 radical (unpaired) electrons. The van der Waals surface area contributed by atoms with E-state index in [4.69, 9.17) is 9.47 Å². The minimum Gasteiger partial charge on any atom is -0.457 e. The minimum atomic E-state index is -4.68. The van der Waals surface area contributed by atoms with Crippen LogP contribution in [0, 0.1) is 47.6 Å². The molecule has 0 fully saturated rings. The summed E-state index contributed by atoms with van der Waals surface area (Å²) >= 11 is 0. The fourth-order valence-electron chi connectivity index (χ4n) is 2.57. The second-order valence-corrected chi connectivity index (χ2v) is 6.50. The van der Waals surface area contributed by atoms with E-state index in [0.717, 1.165) is 6.92 Å². The zero-order valence-corrected chi connectivity index (χ0v) is 16.3. The Morgan fingerprint density at radius 2 is 1.00 bits per heavy atom. The van der Waals surface area contributed by atoms with Gasteiger partial charge in [0.2, 0.25) is 6.79 Å². The van der Waals surface area contributed by atoms with Gasteiger partial charge >= 0.3 is 6.11 Å². The Hall–Kier alpha value is -3.57. The molecule has 0 heterocycles. The zero-order chi connectivity index (χ0) is 24.5. The summed E-state index contributed by atoms with van der Waals surface area (Å²) in [6.07, 6.45) is -4.68. The number of rotatable bonds is 7. The average Bonchev–Trinajstić information content (AvgIpc) is 2.69. The normalized spacial score (nSPS) is 11.5. The number of halogens is 9. The van der Waals surface area contributed by atoms with Crippen molar-refractivity contribution in [3.63, 3.8) is 0 Å². The number of hydrogen-bond donors (Lipinski definition) is 0. The fraction of sp³-hybridized carbons (Fsp3) is 0.143. The van der Waals surface area contributed by atoms with Crippen molar-refractivity contribution in [2.45, 2.75) is 13.0 Å². The molecule has 0 bridgehead atoms. The summed E-state index contributed by atoms with van der Waals surface area (Å²) in [5.41, 5.74) is -2.35. The Labute approximate surface area is 179 Å². The largest absolute Gasteiger partial charge is 0.457 e. The summed E-state index contributed by atoms with van der Waals surface area (Å²) in [7, 11) is 0. The SMILES string of the molecule is Cc1c(F)cc(OC(F)(F)c2c(F)cc(OCOc3cc(F)c(F)c(F)c3)cc2F)cc1F. The maximum Gasteiger partial charge on any atom is 0.432 e. The standard InChI is InChI=1S/C21H11F9O3/c1-9-13(22)6-12(7-14(9)23)33-21(29,30)19-15(24)2-10(3-16(19)25)31-8-32-11-4-17(26)20(28)18(27)5-11/h2-7H,8H2,1H3. The van der Waals surface area contributed by atoms with E-state index in [1.165, 1.54) is 0 Å². The van der Waals surface area contributed by atoms with Crippen LogP contribution in [0.4, 0.5) is 39.5 Å². The van der Waals surface area contributed by atoms with E-state index in [2.05, 4.69) is 4.74 Å². The third kappa shape index (κ3) is 5.26. The molecule has 3 rings (SSSR count). The molecule has 33 heavy (non-hydrogen) atoms. The average molecular weight is 482 g/mol. The Morgan fingerprint density at radius 3 is 1.45 bits per heavy atom. The molecule has 3 aromatic rings. The highest BCUT2D eigenvalue weighted by atomic mass is 19.3. The predicted octanol–water partition coefficient (Wildman–Crippen LogP) is 6.51. The van der Waals surface area contributed by atoms with Crippen LogP contribution in [-0.4, -0.2) is 6.79 Å². The fourth-order valence-corrected chi connectivity index (χ4v) is 2.57. The Balaban J connectivity index is 1.75. The van der Waals surface area contributed by atoms with Gasteiger partial charge in [0.05, 0.1) is 0 Å². The lowest BCUT2D eigenvalue weighted by Crippen LogP contribution is -2.25. The monoisotopic (exact) mass is 482 g/mol.